The lowest BCUT2D eigenvalue weighted by Gasteiger charge is -2.34. The molecule has 8 nitrogen and oxygen atoms in total. The summed E-state index contributed by atoms with van der Waals surface area (Å²) in [6, 6.07) is 0. The molecule has 2 amide bonds. The van der Waals surface area contributed by atoms with Crippen LogP contribution in [0.5, 0.6) is 0 Å². The average molecular weight is 368 g/mol. The van der Waals surface area contributed by atoms with Crippen molar-refractivity contribution >= 4 is 17.8 Å². The molecule has 3 rings (SSSR count). The molecule has 2 heterocycles. The molecule has 1 N–H and O–H groups in total. The maximum Gasteiger partial charge on any atom is 0.409 e. The fraction of sp³-hybridized carbons (Fsp3) is 0.833. The zero-order valence-corrected chi connectivity index (χ0v) is 15.1. The number of Topliss-reactive ketones (excluding diaryl/α,β-unsaturated/α-hetero) is 1. The summed E-state index contributed by atoms with van der Waals surface area (Å²) in [6.07, 6.45) is 3.61. The minimum atomic E-state index is -0.757. The molecule has 1 saturated carbocycles. The maximum absolute atomic E-state index is 12.6. The van der Waals surface area contributed by atoms with Crippen LogP contribution >= 0.6 is 0 Å². The number of amides is 2. The van der Waals surface area contributed by atoms with Crippen LogP contribution in [-0.2, 0) is 23.8 Å². The first-order valence-electron chi connectivity index (χ1n) is 9.56. The molecule has 1 unspecified atom stereocenters. The monoisotopic (exact) mass is 368 g/mol. The third-order valence-electron chi connectivity index (χ3n) is 5.34. The summed E-state index contributed by atoms with van der Waals surface area (Å²) in [5.41, 5.74) is 0. The van der Waals surface area contributed by atoms with Crippen LogP contribution in [0.3, 0.4) is 0 Å². The van der Waals surface area contributed by atoms with E-state index in [0.29, 0.717) is 38.8 Å². The van der Waals surface area contributed by atoms with Crippen molar-refractivity contribution in [2.24, 2.45) is 11.8 Å². The highest BCUT2D eigenvalue weighted by Crippen LogP contribution is 2.32. The molecule has 0 radical (unpaired) electrons. The van der Waals surface area contributed by atoms with E-state index >= 15 is 0 Å². The molecule has 0 spiro atoms. The van der Waals surface area contributed by atoms with Gasteiger partial charge >= 0.3 is 6.09 Å². The lowest BCUT2D eigenvalue weighted by atomic mass is 9.79. The van der Waals surface area contributed by atoms with E-state index in [0.717, 1.165) is 32.1 Å². The summed E-state index contributed by atoms with van der Waals surface area (Å²) in [5.74, 6) is 0.731. The number of carbonyl (C=O) groups is 3. The van der Waals surface area contributed by atoms with E-state index in [2.05, 4.69) is 5.32 Å². The molecule has 2 saturated heterocycles. The van der Waals surface area contributed by atoms with E-state index in [1.54, 1.807) is 0 Å². The lowest BCUT2D eigenvalue weighted by molar-refractivity contribution is -0.141. The van der Waals surface area contributed by atoms with Crippen LogP contribution in [-0.4, -0.2) is 68.4 Å². The largest absolute Gasteiger partial charge is 0.419 e. The molecule has 0 aromatic rings. The number of alkyl carbamates (subject to hydrolysis) is 1. The van der Waals surface area contributed by atoms with Crippen molar-refractivity contribution in [1.82, 2.24) is 10.2 Å². The quantitative estimate of drug-likeness (QED) is 0.780. The van der Waals surface area contributed by atoms with Crippen molar-refractivity contribution < 1.29 is 28.6 Å². The van der Waals surface area contributed by atoms with Gasteiger partial charge in [0.1, 0.15) is 6.61 Å². The van der Waals surface area contributed by atoms with Crippen molar-refractivity contribution in [3.63, 3.8) is 0 Å². The Morgan fingerprint density at radius 3 is 2.77 bits per heavy atom. The SMILES string of the molecule is O=C1COC(OC(=O)NCC[C@H]2CCC[C@H](C(=O)N3CCOCC3)C2)C1. The normalized spacial score (nSPS) is 29.5. The first-order valence-corrected chi connectivity index (χ1v) is 9.56. The van der Waals surface area contributed by atoms with Gasteiger partial charge in [0.25, 0.3) is 0 Å². The van der Waals surface area contributed by atoms with Gasteiger partial charge < -0.3 is 24.4 Å². The van der Waals surface area contributed by atoms with Crippen LogP contribution in [0.1, 0.15) is 38.5 Å². The molecular formula is C18H28N2O6. The van der Waals surface area contributed by atoms with Gasteiger partial charge in [-0.05, 0) is 25.2 Å². The van der Waals surface area contributed by atoms with Crippen LogP contribution in [0.4, 0.5) is 4.79 Å². The van der Waals surface area contributed by atoms with Crippen LogP contribution in [0.25, 0.3) is 0 Å². The summed E-state index contributed by atoms with van der Waals surface area (Å²) in [5, 5.41) is 2.71. The Balaban J connectivity index is 1.34. The minimum absolute atomic E-state index is 0.0125. The van der Waals surface area contributed by atoms with Gasteiger partial charge in [-0.3, -0.25) is 9.59 Å². The molecule has 0 aromatic heterocycles. The Morgan fingerprint density at radius 2 is 2.04 bits per heavy atom. The van der Waals surface area contributed by atoms with Gasteiger partial charge in [-0.2, -0.15) is 0 Å². The summed E-state index contributed by atoms with van der Waals surface area (Å²) < 4.78 is 15.4. The molecule has 146 valence electrons. The Kier molecular flexibility index (Phi) is 6.85. The molecule has 0 bridgehead atoms. The highest BCUT2D eigenvalue weighted by molar-refractivity contribution is 5.82. The number of rotatable bonds is 5. The first-order chi connectivity index (χ1) is 12.6. The number of ketones is 1. The van der Waals surface area contributed by atoms with Crippen molar-refractivity contribution in [3.05, 3.63) is 0 Å². The van der Waals surface area contributed by atoms with Gasteiger partial charge in [-0.15, -0.1) is 0 Å². The fourth-order valence-corrected chi connectivity index (χ4v) is 3.92. The number of carbonyl (C=O) groups excluding carboxylic acids is 3. The van der Waals surface area contributed by atoms with Gasteiger partial charge in [0.15, 0.2) is 5.78 Å². The second-order valence-electron chi connectivity index (χ2n) is 7.27. The third kappa shape index (κ3) is 5.41. The molecular weight excluding hydrogens is 340 g/mol. The van der Waals surface area contributed by atoms with E-state index in [4.69, 9.17) is 14.2 Å². The zero-order valence-electron chi connectivity index (χ0n) is 15.1. The second kappa shape index (κ2) is 9.32. The number of hydrogen-bond acceptors (Lipinski definition) is 6. The Labute approximate surface area is 153 Å². The summed E-state index contributed by atoms with van der Waals surface area (Å²) >= 11 is 0. The number of morpholine rings is 1. The summed E-state index contributed by atoms with van der Waals surface area (Å²) in [4.78, 5) is 37.4. The predicted octanol–water partition coefficient (Wildman–Crippen LogP) is 1.08. The first kappa shape index (κ1) is 19.1. The molecule has 3 atom stereocenters. The van der Waals surface area contributed by atoms with Gasteiger partial charge in [0.05, 0.1) is 19.6 Å². The van der Waals surface area contributed by atoms with Gasteiger partial charge in [-0.1, -0.05) is 12.8 Å². The minimum Gasteiger partial charge on any atom is -0.419 e. The molecule has 3 fully saturated rings. The number of hydrogen-bond donors (Lipinski definition) is 1. The predicted molar refractivity (Wildman–Crippen MR) is 91.3 cm³/mol. The van der Waals surface area contributed by atoms with Gasteiger partial charge in [0.2, 0.25) is 12.2 Å². The number of nitrogens with zero attached hydrogens (tertiary/aromatic N) is 1. The molecule has 1 aliphatic carbocycles. The molecule has 8 heteroatoms. The second-order valence-corrected chi connectivity index (χ2v) is 7.27. The summed E-state index contributed by atoms with van der Waals surface area (Å²) in [7, 11) is 0. The zero-order chi connectivity index (χ0) is 18.4. The lowest BCUT2D eigenvalue weighted by Crippen LogP contribution is -2.44. The highest BCUT2D eigenvalue weighted by Gasteiger charge is 2.31. The molecule has 0 aromatic carbocycles. The molecule has 3 aliphatic rings. The number of nitrogens with one attached hydrogen (secondary N) is 1. The Hall–Kier alpha value is -1.67. The van der Waals surface area contributed by atoms with Crippen LogP contribution < -0.4 is 5.32 Å². The smallest absolute Gasteiger partial charge is 0.409 e. The van der Waals surface area contributed by atoms with Gasteiger partial charge in [-0.25, -0.2) is 4.79 Å². The van der Waals surface area contributed by atoms with E-state index in [1.807, 2.05) is 4.90 Å². The van der Waals surface area contributed by atoms with Crippen LogP contribution in [0, 0.1) is 11.8 Å². The van der Waals surface area contributed by atoms with Crippen molar-refractivity contribution in [2.45, 2.75) is 44.8 Å². The van der Waals surface area contributed by atoms with Crippen molar-refractivity contribution in [1.29, 1.82) is 0 Å². The Bertz CT molecular complexity index is 520. The molecule has 26 heavy (non-hydrogen) atoms. The van der Waals surface area contributed by atoms with E-state index in [9.17, 15) is 14.4 Å². The topological polar surface area (TPSA) is 94.2 Å². The highest BCUT2D eigenvalue weighted by atomic mass is 16.7. The maximum atomic E-state index is 12.6. The molecule has 2 aliphatic heterocycles. The third-order valence-corrected chi connectivity index (χ3v) is 5.34. The fourth-order valence-electron chi connectivity index (χ4n) is 3.92. The standard InChI is InChI=1S/C18H28N2O6/c21-15-11-16(25-12-15)26-18(23)19-5-4-13-2-1-3-14(10-13)17(22)20-6-8-24-9-7-20/h13-14,16H,1-12H2,(H,19,23)/t13-,14+,16?/m1/s1. The number of ether oxygens (including phenoxy) is 3. The Morgan fingerprint density at radius 1 is 1.23 bits per heavy atom. The van der Waals surface area contributed by atoms with Gasteiger partial charge in [0, 0.05) is 25.6 Å². The summed E-state index contributed by atoms with van der Waals surface area (Å²) in [6.45, 7) is 3.16. The van der Waals surface area contributed by atoms with Crippen LogP contribution in [0.15, 0.2) is 0 Å². The van der Waals surface area contributed by atoms with Crippen molar-refractivity contribution in [2.75, 3.05) is 39.5 Å². The average Bonchev–Trinajstić information content (AvgIpc) is 3.06. The van der Waals surface area contributed by atoms with E-state index < -0.39 is 12.4 Å². The van der Waals surface area contributed by atoms with Crippen LogP contribution in [0.2, 0.25) is 0 Å². The van der Waals surface area contributed by atoms with Crippen molar-refractivity contribution in [3.8, 4) is 0 Å². The van der Waals surface area contributed by atoms with E-state index in [-0.39, 0.29) is 30.6 Å². The van der Waals surface area contributed by atoms with E-state index in [1.165, 1.54) is 0 Å².